The molecule has 1 aromatic rings. The van der Waals surface area contributed by atoms with Crippen LogP contribution in [0.2, 0.25) is 0 Å². The Kier molecular flexibility index (Phi) is 7.49. The second kappa shape index (κ2) is 9.68. The molecular formula is C23H30N2O6. The Balaban J connectivity index is 2.54. The molecule has 0 aromatic heterocycles. The summed E-state index contributed by atoms with van der Waals surface area (Å²) in [6, 6.07) is 7.29. The number of benzene rings is 1. The van der Waals surface area contributed by atoms with Gasteiger partial charge in [-0.1, -0.05) is 29.8 Å². The lowest BCUT2D eigenvalue weighted by atomic mass is 9.80. The fourth-order valence-corrected chi connectivity index (χ4v) is 3.34. The smallest absolute Gasteiger partial charge is 0.407 e. The molecule has 1 aliphatic rings. The standard InChI is InChI=1S/C23H30N2O6/c1-7-30-21(28)19-16(12-24-22(29)31-23(4,5)6)25-14(3)17(20(26)27)18(19)15-10-8-13(2)9-11-15/h8-11,18,25H,7,12H2,1-6H3,(H,24,29)(H,26,27). The van der Waals surface area contributed by atoms with E-state index < -0.39 is 29.6 Å². The summed E-state index contributed by atoms with van der Waals surface area (Å²) in [5.41, 5.74) is 1.90. The van der Waals surface area contributed by atoms with Crippen LogP contribution in [0.5, 0.6) is 0 Å². The number of carbonyl (C=O) groups excluding carboxylic acids is 2. The molecule has 1 atom stereocenters. The zero-order valence-electron chi connectivity index (χ0n) is 18.8. The molecule has 8 heteroatoms. The van der Waals surface area contributed by atoms with E-state index in [4.69, 9.17) is 9.47 Å². The molecule has 0 radical (unpaired) electrons. The lowest BCUT2D eigenvalue weighted by Gasteiger charge is -2.31. The van der Waals surface area contributed by atoms with Crippen LogP contribution in [0.3, 0.4) is 0 Å². The van der Waals surface area contributed by atoms with Crippen molar-refractivity contribution in [2.75, 3.05) is 13.2 Å². The second-order valence-corrected chi connectivity index (χ2v) is 8.28. The SMILES string of the molecule is CCOC(=O)C1=C(CNC(=O)OC(C)(C)C)NC(C)=C(C(=O)O)C1c1ccc(C)cc1. The van der Waals surface area contributed by atoms with Crippen molar-refractivity contribution in [3.8, 4) is 0 Å². The molecule has 0 bridgehead atoms. The number of carbonyl (C=O) groups is 3. The molecule has 1 amide bonds. The first-order valence-corrected chi connectivity index (χ1v) is 10.1. The van der Waals surface area contributed by atoms with Crippen LogP contribution in [0.4, 0.5) is 4.79 Å². The largest absolute Gasteiger partial charge is 0.478 e. The first kappa shape index (κ1) is 24.0. The number of dihydropyridines is 1. The van der Waals surface area contributed by atoms with E-state index in [1.807, 2.05) is 19.1 Å². The number of carboxylic acids is 1. The van der Waals surface area contributed by atoms with Crippen LogP contribution in [0.15, 0.2) is 46.8 Å². The number of allylic oxidation sites excluding steroid dienone is 1. The summed E-state index contributed by atoms with van der Waals surface area (Å²) >= 11 is 0. The average molecular weight is 431 g/mol. The predicted octanol–water partition coefficient (Wildman–Crippen LogP) is 3.38. The molecule has 0 fully saturated rings. The van der Waals surface area contributed by atoms with Gasteiger partial charge in [-0.2, -0.15) is 0 Å². The quantitative estimate of drug-likeness (QED) is 0.593. The first-order chi connectivity index (χ1) is 14.4. The number of carboxylic acid groups (broad SMARTS) is 1. The molecule has 0 saturated heterocycles. The van der Waals surface area contributed by atoms with Crippen molar-refractivity contribution in [3.63, 3.8) is 0 Å². The van der Waals surface area contributed by atoms with Gasteiger partial charge in [0.15, 0.2) is 0 Å². The number of esters is 1. The number of hydrogen-bond donors (Lipinski definition) is 3. The topological polar surface area (TPSA) is 114 Å². The third-order valence-corrected chi connectivity index (χ3v) is 4.59. The Labute approximate surface area is 182 Å². The van der Waals surface area contributed by atoms with Crippen LogP contribution in [-0.4, -0.2) is 41.9 Å². The van der Waals surface area contributed by atoms with Crippen molar-refractivity contribution in [1.82, 2.24) is 10.6 Å². The summed E-state index contributed by atoms with van der Waals surface area (Å²) in [6.45, 7) is 10.5. The minimum absolute atomic E-state index is 0.0490. The maximum atomic E-state index is 12.9. The first-order valence-electron chi connectivity index (χ1n) is 10.1. The molecule has 1 unspecified atom stereocenters. The molecule has 3 N–H and O–H groups in total. The molecule has 0 aliphatic carbocycles. The Morgan fingerprint density at radius 1 is 1.10 bits per heavy atom. The zero-order valence-corrected chi connectivity index (χ0v) is 18.8. The van der Waals surface area contributed by atoms with Gasteiger partial charge in [0.25, 0.3) is 0 Å². The van der Waals surface area contributed by atoms with Gasteiger partial charge in [0.1, 0.15) is 5.60 Å². The molecule has 0 spiro atoms. The monoisotopic (exact) mass is 430 g/mol. The highest BCUT2D eigenvalue weighted by Crippen LogP contribution is 2.38. The van der Waals surface area contributed by atoms with E-state index in [0.717, 1.165) is 5.56 Å². The van der Waals surface area contributed by atoms with E-state index in [9.17, 15) is 19.5 Å². The van der Waals surface area contributed by atoms with Crippen molar-refractivity contribution < 1.29 is 29.0 Å². The van der Waals surface area contributed by atoms with Gasteiger partial charge in [-0.05, 0) is 47.1 Å². The lowest BCUT2D eigenvalue weighted by molar-refractivity contribution is -0.139. The highest BCUT2D eigenvalue weighted by molar-refractivity contribution is 5.99. The van der Waals surface area contributed by atoms with E-state index in [-0.39, 0.29) is 24.3 Å². The van der Waals surface area contributed by atoms with E-state index in [1.54, 1.807) is 46.8 Å². The number of alkyl carbamates (subject to hydrolysis) is 1. The average Bonchev–Trinajstić information content (AvgIpc) is 2.64. The predicted molar refractivity (Wildman–Crippen MR) is 115 cm³/mol. The highest BCUT2D eigenvalue weighted by atomic mass is 16.6. The third-order valence-electron chi connectivity index (χ3n) is 4.59. The molecule has 0 saturated carbocycles. The summed E-state index contributed by atoms with van der Waals surface area (Å²) in [7, 11) is 0. The van der Waals surface area contributed by atoms with Crippen LogP contribution in [-0.2, 0) is 19.1 Å². The van der Waals surface area contributed by atoms with Crippen molar-refractivity contribution in [2.45, 2.75) is 53.1 Å². The Morgan fingerprint density at radius 3 is 2.23 bits per heavy atom. The summed E-state index contributed by atoms with van der Waals surface area (Å²) < 4.78 is 10.5. The van der Waals surface area contributed by atoms with Gasteiger partial charge in [0.2, 0.25) is 0 Å². The fourth-order valence-electron chi connectivity index (χ4n) is 3.34. The number of amides is 1. The zero-order chi connectivity index (χ0) is 23.3. The van der Waals surface area contributed by atoms with Gasteiger partial charge in [-0.25, -0.2) is 14.4 Å². The third kappa shape index (κ3) is 6.10. The van der Waals surface area contributed by atoms with Gasteiger partial charge in [-0.15, -0.1) is 0 Å². The molecule has 1 aromatic carbocycles. The molecular weight excluding hydrogens is 400 g/mol. The number of aryl methyl sites for hydroxylation is 1. The Bertz CT molecular complexity index is 922. The summed E-state index contributed by atoms with van der Waals surface area (Å²) in [5, 5.41) is 15.5. The van der Waals surface area contributed by atoms with Crippen molar-refractivity contribution >= 4 is 18.0 Å². The van der Waals surface area contributed by atoms with Crippen LogP contribution >= 0.6 is 0 Å². The number of hydrogen-bond acceptors (Lipinski definition) is 6. The Morgan fingerprint density at radius 2 is 1.71 bits per heavy atom. The van der Waals surface area contributed by atoms with Gasteiger partial charge in [-0.3, -0.25) is 0 Å². The van der Waals surface area contributed by atoms with Gasteiger partial charge >= 0.3 is 18.0 Å². The summed E-state index contributed by atoms with van der Waals surface area (Å²) in [6.07, 6.45) is -0.650. The molecule has 168 valence electrons. The minimum Gasteiger partial charge on any atom is -0.478 e. The molecule has 2 rings (SSSR count). The number of aliphatic carboxylic acids is 1. The number of ether oxygens (including phenoxy) is 2. The van der Waals surface area contributed by atoms with Crippen LogP contribution in [0, 0.1) is 6.92 Å². The van der Waals surface area contributed by atoms with Crippen molar-refractivity contribution in [3.05, 3.63) is 57.9 Å². The van der Waals surface area contributed by atoms with Crippen LogP contribution < -0.4 is 10.6 Å². The van der Waals surface area contributed by atoms with E-state index >= 15 is 0 Å². The van der Waals surface area contributed by atoms with Crippen LogP contribution in [0.25, 0.3) is 0 Å². The summed E-state index contributed by atoms with van der Waals surface area (Å²) in [5.74, 6) is -2.64. The normalized spacial score (nSPS) is 16.5. The van der Waals surface area contributed by atoms with E-state index in [2.05, 4.69) is 10.6 Å². The van der Waals surface area contributed by atoms with Crippen molar-refractivity contribution in [2.24, 2.45) is 0 Å². The van der Waals surface area contributed by atoms with Gasteiger partial charge in [0, 0.05) is 11.4 Å². The Hall–Kier alpha value is -3.29. The summed E-state index contributed by atoms with van der Waals surface area (Å²) in [4.78, 5) is 37.2. The van der Waals surface area contributed by atoms with Gasteiger partial charge in [0.05, 0.1) is 30.2 Å². The molecule has 31 heavy (non-hydrogen) atoms. The van der Waals surface area contributed by atoms with E-state index in [0.29, 0.717) is 17.0 Å². The molecule has 1 heterocycles. The van der Waals surface area contributed by atoms with Crippen molar-refractivity contribution in [1.29, 1.82) is 0 Å². The highest BCUT2D eigenvalue weighted by Gasteiger charge is 2.38. The maximum absolute atomic E-state index is 12.9. The van der Waals surface area contributed by atoms with Crippen LogP contribution in [0.1, 0.15) is 51.7 Å². The van der Waals surface area contributed by atoms with Gasteiger partial charge < -0.3 is 25.2 Å². The minimum atomic E-state index is -1.14. The lowest BCUT2D eigenvalue weighted by Crippen LogP contribution is -2.39. The van der Waals surface area contributed by atoms with E-state index in [1.165, 1.54) is 0 Å². The maximum Gasteiger partial charge on any atom is 0.407 e. The fraction of sp³-hybridized carbons (Fsp3) is 0.435. The number of nitrogens with one attached hydrogen (secondary N) is 2. The molecule has 8 nitrogen and oxygen atoms in total. The second-order valence-electron chi connectivity index (χ2n) is 8.28. The molecule has 1 aliphatic heterocycles. The number of rotatable bonds is 6.